The van der Waals surface area contributed by atoms with Crippen molar-refractivity contribution in [3.05, 3.63) is 41.1 Å². The Morgan fingerprint density at radius 1 is 1.35 bits per heavy atom. The van der Waals surface area contributed by atoms with Gasteiger partial charge in [0.2, 0.25) is 0 Å². The van der Waals surface area contributed by atoms with Crippen LogP contribution >= 0.6 is 0 Å². The van der Waals surface area contributed by atoms with E-state index in [-0.39, 0.29) is 11.6 Å². The largest absolute Gasteiger partial charge is 0.312 e. The van der Waals surface area contributed by atoms with Crippen molar-refractivity contribution in [3.63, 3.8) is 0 Å². The fraction of sp³-hybridized carbons (Fsp3) is 0.467. The van der Waals surface area contributed by atoms with Gasteiger partial charge < -0.3 is 5.32 Å². The molecule has 0 aliphatic carbocycles. The Morgan fingerprint density at radius 3 is 2.70 bits per heavy atom. The average molecular weight is 276 g/mol. The summed E-state index contributed by atoms with van der Waals surface area (Å²) in [5.41, 5.74) is 2.34. The molecule has 2 aromatic rings. The summed E-state index contributed by atoms with van der Waals surface area (Å²) in [7, 11) is 0. The molecule has 20 heavy (non-hydrogen) atoms. The average Bonchev–Trinajstić information content (AvgIpc) is 2.70. The number of hydrogen-bond donors (Lipinski definition) is 1. The first-order chi connectivity index (χ1) is 9.49. The van der Waals surface area contributed by atoms with Crippen molar-refractivity contribution in [2.75, 3.05) is 6.54 Å². The van der Waals surface area contributed by atoms with Crippen molar-refractivity contribution in [2.24, 2.45) is 5.92 Å². The van der Waals surface area contributed by atoms with E-state index in [1.54, 1.807) is 16.9 Å². The van der Waals surface area contributed by atoms with Crippen LogP contribution in [0.5, 0.6) is 0 Å². The third-order valence-electron chi connectivity index (χ3n) is 3.03. The number of aryl methyl sites for hydroxylation is 2. The predicted octanol–water partition coefficient (Wildman–Crippen LogP) is 2.77. The van der Waals surface area contributed by atoms with E-state index in [1.807, 2.05) is 19.9 Å². The number of nitrogens with zero attached hydrogens (tertiary/aromatic N) is 3. The molecule has 0 fully saturated rings. The van der Waals surface area contributed by atoms with E-state index in [1.165, 1.54) is 0 Å². The van der Waals surface area contributed by atoms with E-state index >= 15 is 0 Å². The lowest BCUT2D eigenvalue weighted by Crippen LogP contribution is -2.20. The first-order valence-corrected chi connectivity index (χ1v) is 6.86. The summed E-state index contributed by atoms with van der Waals surface area (Å²) >= 11 is 0. The van der Waals surface area contributed by atoms with Gasteiger partial charge >= 0.3 is 0 Å². The highest BCUT2D eigenvalue weighted by molar-refractivity contribution is 5.32. The van der Waals surface area contributed by atoms with Crippen molar-refractivity contribution < 1.29 is 4.39 Å². The number of halogens is 1. The second-order valence-electron chi connectivity index (χ2n) is 5.47. The smallest absolute Gasteiger partial charge is 0.190 e. The van der Waals surface area contributed by atoms with E-state index in [0.29, 0.717) is 18.0 Å². The van der Waals surface area contributed by atoms with Gasteiger partial charge in [-0.1, -0.05) is 13.8 Å². The predicted molar refractivity (Wildman–Crippen MR) is 77.3 cm³/mol. The molecule has 108 valence electrons. The summed E-state index contributed by atoms with van der Waals surface area (Å²) in [6.45, 7) is 9.38. The molecule has 0 unspecified atom stereocenters. The van der Waals surface area contributed by atoms with Gasteiger partial charge in [0.05, 0.1) is 5.69 Å². The zero-order chi connectivity index (χ0) is 14.7. The van der Waals surface area contributed by atoms with Gasteiger partial charge in [0.25, 0.3) is 0 Å². The molecule has 0 radical (unpaired) electrons. The minimum Gasteiger partial charge on any atom is -0.312 e. The van der Waals surface area contributed by atoms with Gasteiger partial charge in [0, 0.05) is 24.0 Å². The van der Waals surface area contributed by atoms with Crippen LogP contribution in [-0.4, -0.2) is 21.3 Å². The van der Waals surface area contributed by atoms with Crippen LogP contribution in [0.1, 0.15) is 30.8 Å². The molecule has 0 atom stereocenters. The van der Waals surface area contributed by atoms with Gasteiger partial charge in [-0.3, -0.25) is 0 Å². The lowest BCUT2D eigenvalue weighted by Gasteiger charge is -2.11. The first-order valence-electron chi connectivity index (χ1n) is 6.86. The molecule has 0 saturated carbocycles. The fourth-order valence-corrected chi connectivity index (χ4v) is 2.09. The fourth-order valence-electron chi connectivity index (χ4n) is 2.09. The quantitative estimate of drug-likeness (QED) is 0.913. The number of aromatic nitrogens is 3. The van der Waals surface area contributed by atoms with Gasteiger partial charge in [0.15, 0.2) is 11.6 Å². The van der Waals surface area contributed by atoms with Crippen molar-refractivity contribution in [3.8, 4) is 5.82 Å². The Morgan fingerprint density at radius 2 is 2.10 bits per heavy atom. The third-order valence-corrected chi connectivity index (χ3v) is 3.03. The Labute approximate surface area is 119 Å². The van der Waals surface area contributed by atoms with Gasteiger partial charge in [-0.05, 0) is 38.4 Å². The Hall–Kier alpha value is -1.75. The molecular weight excluding hydrogens is 255 g/mol. The van der Waals surface area contributed by atoms with Crippen LogP contribution < -0.4 is 5.32 Å². The lowest BCUT2D eigenvalue weighted by atomic mass is 10.2. The maximum absolute atomic E-state index is 14.5. The molecule has 0 aromatic carbocycles. The van der Waals surface area contributed by atoms with Crippen LogP contribution in [0.4, 0.5) is 4.39 Å². The van der Waals surface area contributed by atoms with Crippen molar-refractivity contribution in [2.45, 2.75) is 34.2 Å². The number of hydrogen-bond acceptors (Lipinski definition) is 3. The molecule has 0 aliphatic rings. The minimum atomic E-state index is -0.310. The third kappa shape index (κ3) is 3.22. The molecule has 1 N–H and O–H groups in total. The molecule has 2 aromatic heterocycles. The highest BCUT2D eigenvalue weighted by Gasteiger charge is 2.14. The Kier molecular flexibility index (Phi) is 4.49. The molecule has 0 aliphatic heterocycles. The zero-order valence-corrected chi connectivity index (χ0v) is 12.4. The Balaban J connectivity index is 2.25. The maximum atomic E-state index is 14.5. The van der Waals surface area contributed by atoms with Gasteiger partial charge in [-0.15, -0.1) is 0 Å². The number of rotatable bonds is 5. The molecule has 0 bridgehead atoms. The summed E-state index contributed by atoms with van der Waals surface area (Å²) in [5.74, 6) is 0.491. The molecular formula is C15H21FN4. The van der Waals surface area contributed by atoms with E-state index < -0.39 is 0 Å². The standard InChI is InChI=1S/C15H21FN4/c1-10(2)8-17-9-13-5-6-18-15(14(13)16)20-12(4)7-11(3)19-20/h5-7,10,17H,8-9H2,1-4H3. The summed E-state index contributed by atoms with van der Waals surface area (Å²) in [4.78, 5) is 4.12. The van der Waals surface area contributed by atoms with Gasteiger partial charge in [0.1, 0.15) is 0 Å². The maximum Gasteiger partial charge on any atom is 0.190 e. The number of nitrogens with one attached hydrogen (secondary N) is 1. The second kappa shape index (κ2) is 6.13. The van der Waals surface area contributed by atoms with Crippen molar-refractivity contribution in [1.29, 1.82) is 0 Å². The molecule has 0 saturated heterocycles. The van der Waals surface area contributed by atoms with E-state index in [2.05, 4.69) is 29.2 Å². The highest BCUT2D eigenvalue weighted by Crippen LogP contribution is 2.16. The topological polar surface area (TPSA) is 42.7 Å². The van der Waals surface area contributed by atoms with Crippen LogP contribution in [0.15, 0.2) is 18.3 Å². The molecule has 2 heterocycles. The summed E-state index contributed by atoms with van der Waals surface area (Å²) in [5, 5.41) is 7.53. The number of pyridine rings is 1. The normalized spacial score (nSPS) is 11.3. The SMILES string of the molecule is Cc1cc(C)n(-c2nccc(CNCC(C)C)c2F)n1. The van der Waals surface area contributed by atoms with Crippen LogP contribution in [0.3, 0.4) is 0 Å². The monoisotopic (exact) mass is 276 g/mol. The molecule has 2 rings (SSSR count). The van der Waals surface area contributed by atoms with Crippen LogP contribution in [0, 0.1) is 25.6 Å². The second-order valence-corrected chi connectivity index (χ2v) is 5.47. The Bertz CT molecular complexity index is 590. The molecule has 0 amide bonds. The van der Waals surface area contributed by atoms with Crippen LogP contribution in [0.25, 0.3) is 5.82 Å². The van der Waals surface area contributed by atoms with Crippen LogP contribution in [-0.2, 0) is 6.54 Å². The summed E-state index contributed by atoms with van der Waals surface area (Å²) in [6, 6.07) is 3.61. The molecule has 5 heteroatoms. The van der Waals surface area contributed by atoms with Crippen molar-refractivity contribution in [1.82, 2.24) is 20.1 Å². The molecule has 4 nitrogen and oxygen atoms in total. The highest BCUT2D eigenvalue weighted by atomic mass is 19.1. The van der Waals surface area contributed by atoms with Gasteiger partial charge in [-0.25, -0.2) is 14.1 Å². The zero-order valence-electron chi connectivity index (χ0n) is 12.4. The lowest BCUT2D eigenvalue weighted by molar-refractivity contribution is 0.528. The van der Waals surface area contributed by atoms with E-state index in [0.717, 1.165) is 17.9 Å². The summed E-state index contributed by atoms with van der Waals surface area (Å²) < 4.78 is 16.1. The van der Waals surface area contributed by atoms with E-state index in [4.69, 9.17) is 0 Å². The van der Waals surface area contributed by atoms with Crippen LogP contribution in [0.2, 0.25) is 0 Å². The van der Waals surface area contributed by atoms with Crippen molar-refractivity contribution >= 4 is 0 Å². The summed E-state index contributed by atoms with van der Waals surface area (Å²) in [6.07, 6.45) is 1.63. The molecule has 0 spiro atoms. The van der Waals surface area contributed by atoms with E-state index in [9.17, 15) is 4.39 Å². The first kappa shape index (κ1) is 14.7. The minimum absolute atomic E-state index is 0.263. The van der Waals surface area contributed by atoms with Gasteiger partial charge in [-0.2, -0.15) is 5.10 Å².